The summed E-state index contributed by atoms with van der Waals surface area (Å²) in [6.45, 7) is 0. The predicted molar refractivity (Wildman–Crippen MR) is 56.6 cm³/mol. The van der Waals surface area contributed by atoms with Crippen molar-refractivity contribution < 1.29 is 4.92 Å². The van der Waals surface area contributed by atoms with Crippen LogP contribution in [0.15, 0.2) is 12.1 Å². The van der Waals surface area contributed by atoms with E-state index in [1.807, 2.05) is 0 Å². The van der Waals surface area contributed by atoms with E-state index >= 15 is 0 Å². The van der Waals surface area contributed by atoms with Crippen LogP contribution in [0.1, 0.15) is 19.3 Å². The molecule has 15 heavy (non-hydrogen) atoms. The molecule has 0 bridgehead atoms. The average molecular weight is 208 g/mol. The second kappa shape index (κ2) is 3.72. The van der Waals surface area contributed by atoms with Crippen LogP contribution in [0.5, 0.6) is 0 Å². The van der Waals surface area contributed by atoms with Crippen molar-refractivity contribution in [2.24, 2.45) is 0 Å². The Labute approximate surface area is 86.6 Å². The van der Waals surface area contributed by atoms with Crippen molar-refractivity contribution in [3.8, 4) is 0 Å². The summed E-state index contributed by atoms with van der Waals surface area (Å²) < 4.78 is 0. The third kappa shape index (κ3) is 1.98. The number of nitrogens with zero attached hydrogens (tertiary/aromatic N) is 2. The summed E-state index contributed by atoms with van der Waals surface area (Å²) in [4.78, 5) is 14.2. The Balaban J connectivity index is 2.24. The van der Waals surface area contributed by atoms with Crippen LogP contribution in [0, 0.1) is 10.1 Å². The Hall–Kier alpha value is -1.85. The van der Waals surface area contributed by atoms with Crippen molar-refractivity contribution in [3.05, 3.63) is 22.2 Å². The second-order valence-electron chi connectivity index (χ2n) is 3.63. The number of aromatic nitrogens is 1. The summed E-state index contributed by atoms with van der Waals surface area (Å²) in [6.07, 6.45) is 3.23. The second-order valence-corrected chi connectivity index (χ2v) is 3.63. The first-order valence-electron chi connectivity index (χ1n) is 4.84. The monoisotopic (exact) mass is 208 g/mol. The molecule has 1 aromatic rings. The number of anilines is 2. The molecule has 1 fully saturated rings. The molecule has 1 aromatic heterocycles. The van der Waals surface area contributed by atoms with E-state index < -0.39 is 4.92 Å². The number of nitro groups is 1. The van der Waals surface area contributed by atoms with Crippen LogP contribution in [0.3, 0.4) is 0 Å². The van der Waals surface area contributed by atoms with Crippen molar-refractivity contribution >= 4 is 17.3 Å². The van der Waals surface area contributed by atoms with Gasteiger partial charge in [-0.05, 0) is 25.3 Å². The van der Waals surface area contributed by atoms with Crippen LogP contribution in [-0.2, 0) is 0 Å². The van der Waals surface area contributed by atoms with E-state index in [9.17, 15) is 10.1 Å². The molecule has 80 valence electrons. The van der Waals surface area contributed by atoms with Crippen LogP contribution in [0.2, 0.25) is 0 Å². The van der Waals surface area contributed by atoms with Gasteiger partial charge >= 0.3 is 5.69 Å². The lowest BCUT2D eigenvalue weighted by atomic mass is 9.93. The largest absolute Gasteiger partial charge is 0.384 e. The summed E-state index contributed by atoms with van der Waals surface area (Å²) in [6, 6.07) is 3.12. The molecule has 0 saturated heterocycles. The summed E-state index contributed by atoms with van der Waals surface area (Å²) in [5, 5.41) is 13.7. The lowest BCUT2D eigenvalue weighted by Gasteiger charge is -2.26. The highest BCUT2D eigenvalue weighted by atomic mass is 16.6. The molecule has 3 N–H and O–H groups in total. The number of nitrogens with two attached hydrogens (primary N) is 1. The predicted octanol–water partition coefficient (Wildman–Crippen LogP) is 1.54. The summed E-state index contributed by atoms with van der Waals surface area (Å²) in [7, 11) is 0. The molecule has 0 spiro atoms. The maximum absolute atomic E-state index is 10.7. The van der Waals surface area contributed by atoms with E-state index in [-0.39, 0.29) is 11.5 Å². The zero-order valence-electron chi connectivity index (χ0n) is 8.14. The van der Waals surface area contributed by atoms with Crippen LogP contribution in [0.25, 0.3) is 0 Å². The van der Waals surface area contributed by atoms with Crippen LogP contribution in [0.4, 0.5) is 17.3 Å². The van der Waals surface area contributed by atoms with Crippen molar-refractivity contribution in [2.75, 3.05) is 11.1 Å². The van der Waals surface area contributed by atoms with Crippen LogP contribution >= 0.6 is 0 Å². The normalized spacial score (nSPS) is 15.7. The summed E-state index contributed by atoms with van der Waals surface area (Å²) in [5.74, 6) is 0.576. The fraction of sp³-hybridized carbons (Fsp3) is 0.444. The van der Waals surface area contributed by atoms with Gasteiger partial charge in [0.05, 0.1) is 4.92 Å². The first kappa shape index (κ1) is 9.70. The average Bonchev–Trinajstić information content (AvgIpc) is 2.11. The summed E-state index contributed by atoms with van der Waals surface area (Å²) in [5.41, 5.74) is 5.47. The first-order chi connectivity index (χ1) is 7.16. The minimum atomic E-state index is -0.451. The molecule has 6 heteroatoms. The number of nitrogen functional groups attached to an aromatic ring is 1. The Kier molecular flexibility index (Phi) is 2.40. The van der Waals surface area contributed by atoms with Gasteiger partial charge in [-0.1, -0.05) is 0 Å². The van der Waals surface area contributed by atoms with E-state index in [0.717, 1.165) is 19.3 Å². The minimum Gasteiger partial charge on any atom is -0.384 e. The maximum Gasteiger partial charge on any atom is 0.311 e. The van der Waals surface area contributed by atoms with Crippen LogP contribution in [-0.4, -0.2) is 15.9 Å². The topological polar surface area (TPSA) is 94.1 Å². The molecule has 2 rings (SSSR count). The van der Waals surface area contributed by atoms with Gasteiger partial charge in [0.15, 0.2) is 0 Å². The van der Waals surface area contributed by atoms with E-state index in [2.05, 4.69) is 10.3 Å². The smallest absolute Gasteiger partial charge is 0.311 e. The molecule has 0 atom stereocenters. The zero-order chi connectivity index (χ0) is 10.8. The standard InChI is InChI=1S/C9H12N4O2/c10-8-5-4-7(13(14)15)9(12-8)11-6-2-1-3-6/h4-6H,1-3H2,(H3,10,11,12). The SMILES string of the molecule is Nc1ccc([N+](=O)[O-])c(NC2CCC2)n1. The number of pyridine rings is 1. The van der Waals surface area contributed by atoms with E-state index in [1.54, 1.807) is 0 Å². The number of hydrogen-bond acceptors (Lipinski definition) is 5. The van der Waals surface area contributed by atoms with Gasteiger partial charge in [-0.2, -0.15) is 0 Å². The van der Waals surface area contributed by atoms with Crippen molar-refractivity contribution in [3.63, 3.8) is 0 Å². The number of nitrogens with one attached hydrogen (secondary N) is 1. The molecular formula is C9H12N4O2. The van der Waals surface area contributed by atoms with Crippen molar-refractivity contribution in [1.29, 1.82) is 0 Å². The van der Waals surface area contributed by atoms with Gasteiger partial charge in [0.1, 0.15) is 5.82 Å². The van der Waals surface area contributed by atoms with E-state index in [1.165, 1.54) is 12.1 Å². The maximum atomic E-state index is 10.7. The Morgan fingerprint density at radius 1 is 1.53 bits per heavy atom. The molecular weight excluding hydrogens is 196 g/mol. The molecule has 0 aliphatic heterocycles. The Bertz CT molecular complexity index is 390. The van der Waals surface area contributed by atoms with Gasteiger partial charge in [-0.25, -0.2) is 4.98 Å². The molecule has 0 unspecified atom stereocenters. The van der Waals surface area contributed by atoms with Gasteiger partial charge in [0, 0.05) is 12.1 Å². The Morgan fingerprint density at radius 2 is 2.27 bits per heavy atom. The lowest BCUT2D eigenvalue weighted by molar-refractivity contribution is -0.384. The number of hydrogen-bond donors (Lipinski definition) is 2. The molecule has 0 aromatic carbocycles. The first-order valence-corrected chi connectivity index (χ1v) is 4.84. The number of rotatable bonds is 3. The third-order valence-electron chi connectivity index (χ3n) is 2.54. The Morgan fingerprint density at radius 3 is 2.80 bits per heavy atom. The molecule has 1 heterocycles. The quantitative estimate of drug-likeness (QED) is 0.580. The van der Waals surface area contributed by atoms with E-state index in [4.69, 9.17) is 5.73 Å². The zero-order valence-corrected chi connectivity index (χ0v) is 8.14. The molecule has 0 amide bonds. The highest BCUT2D eigenvalue weighted by Gasteiger charge is 2.22. The molecule has 6 nitrogen and oxygen atoms in total. The molecule has 0 radical (unpaired) electrons. The molecule has 1 saturated carbocycles. The van der Waals surface area contributed by atoms with Gasteiger partial charge < -0.3 is 11.1 Å². The lowest BCUT2D eigenvalue weighted by Crippen LogP contribution is -2.28. The highest BCUT2D eigenvalue weighted by molar-refractivity contribution is 5.59. The van der Waals surface area contributed by atoms with Gasteiger partial charge in [-0.3, -0.25) is 10.1 Å². The van der Waals surface area contributed by atoms with Crippen molar-refractivity contribution in [1.82, 2.24) is 4.98 Å². The minimum absolute atomic E-state index is 0.0175. The fourth-order valence-electron chi connectivity index (χ4n) is 1.47. The molecule has 1 aliphatic carbocycles. The fourth-order valence-corrected chi connectivity index (χ4v) is 1.47. The third-order valence-corrected chi connectivity index (χ3v) is 2.54. The van der Waals surface area contributed by atoms with E-state index in [0.29, 0.717) is 11.9 Å². The van der Waals surface area contributed by atoms with Crippen LogP contribution < -0.4 is 11.1 Å². The highest BCUT2D eigenvalue weighted by Crippen LogP contribution is 2.28. The van der Waals surface area contributed by atoms with Gasteiger partial charge in [-0.15, -0.1) is 0 Å². The summed E-state index contributed by atoms with van der Waals surface area (Å²) >= 11 is 0. The van der Waals surface area contributed by atoms with Gasteiger partial charge in [0.2, 0.25) is 5.82 Å². The van der Waals surface area contributed by atoms with Crippen molar-refractivity contribution in [2.45, 2.75) is 25.3 Å². The molecule has 1 aliphatic rings. The van der Waals surface area contributed by atoms with Gasteiger partial charge in [0.25, 0.3) is 0 Å².